The molecule has 0 saturated carbocycles. The van der Waals surface area contributed by atoms with Crippen LogP contribution in [-0.2, 0) is 16.0 Å². The molecule has 1 amide bonds. The fourth-order valence-electron chi connectivity index (χ4n) is 5.71. The summed E-state index contributed by atoms with van der Waals surface area (Å²) in [5.74, 6) is 0.402. The van der Waals surface area contributed by atoms with Gasteiger partial charge in [-0.05, 0) is 53.6 Å². The molecule has 4 heterocycles. The van der Waals surface area contributed by atoms with E-state index in [1.807, 2.05) is 40.0 Å². The number of nitrogens with zero attached hydrogens (tertiary/aromatic N) is 6. The second kappa shape index (κ2) is 9.84. The number of aromatic nitrogens is 4. The van der Waals surface area contributed by atoms with E-state index >= 15 is 0 Å². The number of benzene rings is 2. The highest BCUT2D eigenvalue weighted by Gasteiger charge is 2.58. The van der Waals surface area contributed by atoms with Gasteiger partial charge in [0.05, 0.1) is 36.6 Å². The van der Waals surface area contributed by atoms with E-state index in [1.54, 1.807) is 49.8 Å². The first-order valence-electron chi connectivity index (χ1n) is 12.3. The van der Waals surface area contributed by atoms with Crippen molar-refractivity contribution in [3.8, 4) is 17.3 Å². The first-order chi connectivity index (χ1) is 18.9. The molecule has 0 aliphatic carbocycles. The van der Waals surface area contributed by atoms with Gasteiger partial charge in [0.1, 0.15) is 17.0 Å². The van der Waals surface area contributed by atoms with E-state index in [9.17, 15) is 10.1 Å². The number of rotatable bonds is 6. The van der Waals surface area contributed by atoms with Crippen molar-refractivity contribution in [2.45, 2.75) is 24.4 Å². The molecule has 194 valence electrons. The summed E-state index contributed by atoms with van der Waals surface area (Å²) in [6, 6.07) is 18.3. The summed E-state index contributed by atoms with van der Waals surface area (Å²) in [6.07, 6.45) is 6.38. The molecule has 1 fully saturated rings. The summed E-state index contributed by atoms with van der Waals surface area (Å²) in [5.41, 5.74) is 3.39. The zero-order chi connectivity index (χ0) is 27.1. The van der Waals surface area contributed by atoms with Crippen LogP contribution in [0.1, 0.15) is 29.2 Å². The number of methoxy groups -OCH3 is 1. The van der Waals surface area contributed by atoms with Gasteiger partial charge in [-0.25, -0.2) is 4.68 Å². The van der Waals surface area contributed by atoms with Gasteiger partial charge in [-0.15, -0.1) is 5.10 Å². The van der Waals surface area contributed by atoms with E-state index < -0.39 is 5.54 Å². The normalized spacial score (nSPS) is 20.3. The van der Waals surface area contributed by atoms with Crippen molar-refractivity contribution >= 4 is 34.7 Å². The standard InChI is InChI=1S/C29H22Cl2N6O2/c1-39-27-26(21-9-22(30)11-23(31)10-21)28(38)36-16-24(37-17-25(34-35-37)20-3-2-8-33-15-20)13-29(27,36)12-18-4-6-19(14-32)7-5-18/h2-11,15,17,24H,12-13,16H2,1H3/t24-,29?/m0/s1. The Morgan fingerprint density at radius 3 is 2.56 bits per heavy atom. The predicted octanol–water partition coefficient (Wildman–Crippen LogP) is 5.34. The molecule has 1 saturated heterocycles. The molecule has 2 aromatic carbocycles. The molecule has 10 heteroatoms. The number of amides is 1. The van der Waals surface area contributed by atoms with Gasteiger partial charge in [-0.3, -0.25) is 9.78 Å². The molecule has 2 aliphatic rings. The SMILES string of the molecule is COC1=C(c2cc(Cl)cc(Cl)c2)C(=O)N2C[C@@H](n3cc(-c4cccnc4)nn3)CC12Cc1ccc(C#N)cc1. The van der Waals surface area contributed by atoms with Crippen molar-refractivity contribution in [2.24, 2.45) is 0 Å². The molecule has 2 aliphatic heterocycles. The maximum absolute atomic E-state index is 14.1. The predicted molar refractivity (Wildman–Crippen MR) is 147 cm³/mol. The first-order valence-corrected chi connectivity index (χ1v) is 13.1. The molecule has 39 heavy (non-hydrogen) atoms. The van der Waals surface area contributed by atoms with E-state index in [0.29, 0.717) is 57.6 Å². The fourth-order valence-corrected chi connectivity index (χ4v) is 6.24. The highest BCUT2D eigenvalue weighted by atomic mass is 35.5. The average Bonchev–Trinajstić information content (AvgIpc) is 3.62. The summed E-state index contributed by atoms with van der Waals surface area (Å²) >= 11 is 12.6. The average molecular weight is 557 g/mol. The van der Waals surface area contributed by atoms with Crippen molar-refractivity contribution < 1.29 is 9.53 Å². The van der Waals surface area contributed by atoms with Gasteiger partial charge in [-0.2, -0.15) is 5.26 Å². The second-order valence-corrected chi connectivity index (χ2v) is 10.6. The fraction of sp³-hybridized carbons (Fsp3) is 0.207. The van der Waals surface area contributed by atoms with Crippen LogP contribution in [0.15, 0.2) is 78.9 Å². The van der Waals surface area contributed by atoms with Crippen LogP contribution in [0.5, 0.6) is 0 Å². The van der Waals surface area contributed by atoms with Gasteiger partial charge < -0.3 is 9.64 Å². The zero-order valence-electron chi connectivity index (χ0n) is 20.9. The number of hydrogen-bond acceptors (Lipinski definition) is 6. The van der Waals surface area contributed by atoms with Gasteiger partial charge in [0.2, 0.25) is 0 Å². The molecule has 2 atom stereocenters. The van der Waals surface area contributed by atoms with Crippen molar-refractivity contribution in [1.82, 2.24) is 24.9 Å². The maximum Gasteiger partial charge on any atom is 0.258 e. The topological polar surface area (TPSA) is 96.9 Å². The summed E-state index contributed by atoms with van der Waals surface area (Å²) in [4.78, 5) is 20.1. The summed E-state index contributed by atoms with van der Waals surface area (Å²) in [5, 5.41) is 18.9. The second-order valence-electron chi connectivity index (χ2n) is 9.68. The van der Waals surface area contributed by atoms with Crippen LogP contribution in [0.3, 0.4) is 0 Å². The van der Waals surface area contributed by atoms with Crippen LogP contribution in [0.25, 0.3) is 16.8 Å². The van der Waals surface area contributed by atoms with E-state index in [4.69, 9.17) is 27.9 Å². The van der Waals surface area contributed by atoms with Crippen molar-refractivity contribution in [3.63, 3.8) is 0 Å². The highest BCUT2D eigenvalue weighted by molar-refractivity contribution is 6.35. The van der Waals surface area contributed by atoms with Crippen LogP contribution < -0.4 is 0 Å². The smallest absolute Gasteiger partial charge is 0.258 e. The molecule has 8 nitrogen and oxygen atoms in total. The van der Waals surface area contributed by atoms with Gasteiger partial charge in [0.25, 0.3) is 5.91 Å². The quantitative estimate of drug-likeness (QED) is 0.317. The van der Waals surface area contributed by atoms with Crippen LogP contribution in [0, 0.1) is 11.3 Å². The molecule has 1 unspecified atom stereocenters. The van der Waals surface area contributed by atoms with Crippen LogP contribution in [0.4, 0.5) is 0 Å². The highest BCUT2D eigenvalue weighted by Crippen LogP contribution is 2.52. The molecule has 0 N–H and O–H groups in total. The Balaban J connectivity index is 1.44. The molecule has 0 bridgehead atoms. The minimum absolute atomic E-state index is 0.139. The minimum Gasteiger partial charge on any atom is -0.498 e. The number of carbonyl (C=O) groups is 1. The van der Waals surface area contributed by atoms with E-state index in [1.165, 1.54) is 0 Å². The van der Waals surface area contributed by atoms with Gasteiger partial charge >= 0.3 is 0 Å². The lowest BCUT2D eigenvalue weighted by atomic mass is 9.85. The monoisotopic (exact) mass is 556 g/mol. The number of nitriles is 1. The zero-order valence-corrected chi connectivity index (χ0v) is 22.4. The summed E-state index contributed by atoms with van der Waals surface area (Å²) in [6.45, 7) is 0.412. The Morgan fingerprint density at radius 2 is 1.90 bits per heavy atom. The van der Waals surface area contributed by atoms with E-state index in [-0.39, 0.29) is 11.9 Å². The number of hydrogen-bond donors (Lipinski definition) is 0. The largest absolute Gasteiger partial charge is 0.498 e. The molecule has 0 spiro atoms. The third-order valence-corrected chi connectivity index (χ3v) is 7.81. The van der Waals surface area contributed by atoms with Gasteiger partial charge in [0.15, 0.2) is 0 Å². The number of halogens is 2. The van der Waals surface area contributed by atoms with Crippen LogP contribution in [-0.4, -0.2) is 50.0 Å². The summed E-state index contributed by atoms with van der Waals surface area (Å²) in [7, 11) is 1.59. The Labute approximate surface area is 235 Å². The minimum atomic E-state index is -0.783. The van der Waals surface area contributed by atoms with Crippen molar-refractivity contribution in [3.05, 3.63) is 106 Å². The lowest BCUT2D eigenvalue weighted by molar-refractivity contribution is -0.126. The van der Waals surface area contributed by atoms with E-state index in [2.05, 4.69) is 21.4 Å². The van der Waals surface area contributed by atoms with Gasteiger partial charge in [0, 0.05) is 47.4 Å². The van der Waals surface area contributed by atoms with Crippen molar-refractivity contribution in [1.29, 1.82) is 5.26 Å². The van der Waals surface area contributed by atoms with Crippen LogP contribution >= 0.6 is 23.2 Å². The molecule has 4 aromatic rings. The Morgan fingerprint density at radius 1 is 1.13 bits per heavy atom. The van der Waals surface area contributed by atoms with Crippen LogP contribution in [0.2, 0.25) is 10.0 Å². The number of carbonyl (C=O) groups excluding carboxylic acids is 1. The third-order valence-electron chi connectivity index (χ3n) is 7.37. The third kappa shape index (κ3) is 4.34. The molecular formula is C29H22Cl2N6O2. The molecular weight excluding hydrogens is 535 g/mol. The molecule has 6 rings (SSSR count). The number of ether oxygens (including phenoxy) is 1. The molecule has 2 aromatic heterocycles. The van der Waals surface area contributed by atoms with Crippen molar-refractivity contribution in [2.75, 3.05) is 13.7 Å². The Hall–Kier alpha value is -4.19. The summed E-state index contributed by atoms with van der Waals surface area (Å²) < 4.78 is 7.86. The molecule has 0 radical (unpaired) electrons. The maximum atomic E-state index is 14.1. The Bertz CT molecular complexity index is 1620. The Kier molecular flexibility index (Phi) is 6.34. The lowest BCUT2D eigenvalue weighted by Gasteiger charge is -2.34. The lowest BCUT2D eigenvalue weighted by Crippen LogP contribution is -2.45. The number of pyridine rings is 1. The van der Waals surface area contributed by atoms with Gasteiger partial charge in [-0.1, -0.05) is 40.5 Å². The van der Waals surface area contributed by atoms with E-state index in [0.717, 1.165) is 11.1 Å². The number of fused-ring (bicyclic) bond motifs is 1. The first kappa shape index (κ1) is 25.1.